The van der Waals surface area contributed by atoms with E-state index in [9.17, 15) is 5.11 Å². The summed E-state index contributed by atoms with van der Waals surface area (Å²) in [6.07, 6.45) is 1.97. The zero-order chi connectivity index (χ0) is 19.4. The Bertz CT molecular complexity index is 547. The first-order valence-electron chi connectivity index (χ1n) is 9.51. The van der Waals surface area contributed by atoms with Crippen molar-refractivity contribution in [3.8, 4) is 11.5 Å². The number of nitrogens with one attached hydrogen (secondary N) is 2. The largest absolute Gasteiger partial charge is 0.504 e. The molecule has 0 aromatic heterocycles. The van der Waals surface area contributed by atoms with Gasteiger partial charge in [0.05, 0.1) is 13.2 Å². The monoisotopic (exact) mass is 365 g/mol. The van der Waals surface area contributed by atoms with E-state index in [0.29, 0.717) is 11.7 Å². The second kappa shape index (κ2) is 12.4. The standard InChI is InChI=1S/C20H35N3O3/c1-6-21-20(23-13-11-18(15(3)4)26-7-2)22-12-10-16-8-9-17(24)19(14-16)25-5/h8-9,14-15,18,24H,6-7,10-13H2,1-5H3,(H2,21,22,23). The molecule has 1 aromatic carbocycles. The number of aromatic hydroxyl groups is 1. The van der Waals surface area contributed by atoms with E-state index >= 15 is 0 Å². The zero-order valence-electron chi connectivity index (χ0n) is 16.8. The van der Waals surface area contributed by atoms with Crippen molar-refractivity contribution in [1.82, 2.24) is 10.6 Å². The minimum absolute atomic E-state index is 0.160. The fraction of sp³-hybridized carbons (Fsp3) is 0.650. The van der Waals surface area contributed by atoms with Crippen LogP contribution in [0.2, 0.25) is 0 Å². The van der Waals surface area contributed by atoms with Crippen molar-refractivity contribution < 1.29 is 14.6 Å². The lowest BCUT2D eigenvalue weighted by molar-refractivity contribution is 0.0266. The summed E-state index contributed by atoms with van der Waals surface area (Å²) >= 11 is 0. The lowest BCUT2D eigenvalue weighted by Crippen LogP contribution is -2.38. The van der Waals surface area contributed by atoms with Crippen LogP contribution in [-0.2, 0) is 11.2 Å². The molecule has 0 amide bonds. The van der Waals surface area contributed by atoms with Crippen LogP contribution in [0.15, 0.2) is 23.2 Å². The third-order valence-corrected chi connectivity index (χ3v) is 4.10. The maximum Gasteiger partial charge on any atom is 0.191 e. The quantitative estimate of drug-likeness (QED) is 0.415. The van der Waals surface area contributed by atoms with E-state index in [0.717, 1.165) is 50.6 Å². The molecule has 0 heterocycles. The first-order chi connectivity index (χ1) is 12.5. The highest BCUT2D eigenvalue weighted by molar-refractivity contribution is 5.79. The van der Waals surface area contributed by atoms with Crippen molar-refractivity contribution in [3.05, 3.63) is 23.8 Å². The maximum absolute atomic E-state index is 9.66. The summed E-state index contributed by atoms with van der Waals surface area (Å²) in [5.41, 5.74) is 1.10. The van der Waals surface area contributed by atoms with Gasteiger partial charge in [0.2, 0.25) is 0 Å². The lowest BCUT2D eigenvalue weighted by Gasteiger charge is -2.20. The second-order valence-corrected chi connectivity index (χ2v) is 6.47. The van der Waals surface area contributed by atoms with Gasteiger partial charge < -0.3 is 25.2 Å². The summed E-state index contributed by atoms with van der Waals surface area (Å²) < 4.78 is 10.9. The average molecular weight is 366 g/mol. The van der Waals surface area contributed by atoms with Crippen molar-refractivity contribution >= 4 is 5.96 Å². The topological polar surface area (TPSA) is 75.1 Å². The lowest BCUT2D eigenvalue weighted by atomic mass is 10.0. The first-order valence-corrected chi connectivity index (χ1v) is 9.51. The van der Waals surface area contributed by atoms with Gasteiger partial charge in [-0.25, -0.2) is 0 Å². The fourth-order valence-electron chi connectivity index (χ4n) is 2.67. The Hall–Kier alpha value is -1.95. The van der Waals surface area contributed by atoms with Crippen LogP contribution in [0.3, 0.4) is 0 Å². The number of hydrogen-bond donors (Lipinski definition) is 3. The summed E-state index contributed by atoms with van der Waals surface area (Å²) in [6.45, 7) is 11.5. The van der Waals surface area contributed by atoms with Crippen molar-refractivity contribution in [2.24, 2.45) is 10.9 Å². The molecule has 0 bridgehead atoms. The zero-order valence-corrected chi connectivity index (χ0v) is 16.8. The molecule has 6 nitrogen and oxygen atoms in total. The van der Waals surface area contributed by atoms with Crippen LogP contribution < -0.4 is 15.4 Å². The number of ether oxygens (including phenoxy) is 2. The Morgan fingerprint density at radius 2 is 2.00 bits per heavy atom. The number of phenols is 1. The smallest absolute Gasteiger partial charge is 0.191 e. The number of phenolic OH excluding ortho intramolecular Hbond substituents is 1. The summed E-state index contributed by atoms with van der Waals surface area (Å²) in [6, 6.07) is 5.42. The van der Waals surface area contributed by atoms with Crippen LogP contribution in [0.25, 0.3) is 0 Å². The molecular weight excluding hydrogens is 330 g/mol. The molecule has 0 aliphatic carbocycles. The average Bonchev–Trinajstić information content (AvgIpc) is 2.62. The van der Waals surface area contributed by atoms with Crippen LogP contribution in [0.5, 0.6) is 11.5 Å². The summed E-state index contributed by atoms with van der Waals surface area (Å²) in [5.74, 6) is 1.97. The molecule has 6 heteroatoms. The van der Waals surface area contributed by atoms with Gasteiger partial charge in [0.25, 0.3) is 0 Å². The number of guanidine groups is 1. The number of nitrogens with zero attached hydrogens (tertiary/aromatic N) is 1. The summed E-state index contributed by atoms with van der Waals surface area (Å²) in [7, 11) is 1.56. The SMILES string of the molecule is CCNC(=NCCC(OCC)C(C)C)NCCc1ccc(O)c(OC)c1. The molecule has 0 saturated heterocycles. The molecule has 1 atom stereocenters. The molecule has 0 fully saturated rings. The molecule has 0 spiro atoms. The minimum atomic E-state index is 0.160. The molecular formula is C20H35N3O3. The molecule has 148 valence electrons. The maximum atomic E-state index is 9.66. The van der Waals surface area contributed by atoms with Gasteiger partial charge >= 0.3 is 0 Å². The van der Waals surface area contributed by atoms with Gasteiger partial charge in [-0.15, -0.1) is 0 Å². The normalized spacial score (nSPS) is 12.9. The number of aliphatic imine (C=N–C) groups is 1. The molecule has 1 aromatic rings. The highest BCUT2D eigenvalue weighted by Gasteiger charge is 2.12. The summed E-state index contributed by atoms with van der Waals surface area (Å²) in [4.78, 5) is 4.65. The number of methoxy groups -OCH3 is 1. The van der Waals surface area contributed by atoms with E-state index in [4.69, 9.17) is 9.47 Å². The van der Waals surface area contributed by atoms with E-state index in [1.54, 1.807) is 13.2 Å². The van der Waals surface area contributed by atoms with Crippen LogP contribution in [-0.4, -0.2) is 50.5 Å². The minimum Gasteiger partial charge on any atom is -0.504 e. The Kier molecular flexibility index (Phi) is 10.5. The molecule has 1 rings (SSSR count). The van der Waals surface area contributed by atoms with Gasteiger partial charge in [-0.2, -0.15) is 0 Å². The Balaban J connectivity index is 2.51. The van der Waals surface area contributed by atoms with Crippen molar-refractivity contribution in [2.75, 3.05) is 33.4 Å². The molecule has 0 radical (unpaired) electrons. The van der Waals surface area contributed by atoms with Crippen LogP contribution in [0.1, 0.15) is 39.7 Å². The van der Waals surface area contributed by atoms with E-state index < -0.39 is 0 Å². The van der Waals surface area contributed by atoms with Crippen molar-refractivity contribution in [3.63, 3.8) is 0 Å². The van der Waals surface area contributed by atoms with Gasteiger partial charge in [0.1, 0.15) is 0 Å². The van der Waals surface area contributed by atoms with E-state index in [1.807, 2.05) is 19.1 Å². The van der Waals surface area contributed by atoms with E-state index in [2.05, 4.69) is 36.4 Å². The number of hydrogen-bond acceptors (Lipinski definition) is 4. The van der Waals surface area contributed by atoms with Crippen molar-refractivity contribution in [2.45, 2.75) is 46.6 Å². The van der Waals surface area contributed by atoms with Crippen molar-refractivity contribution in [1.29, 1.82) is 0 Å². The fourth-order valence-corrected chi connectivity index (χ4v) is 2.67. The van der Waals surface area contributed by atoms with Crippen LogP contribution in [0.4, 0.5) is 0 Å². The van der Waals surface area contributed by atoms with E-state index in [1.165, 1.54) is 0 Å². The molecule has 0 aliphatic heterocycles. The molecule has 1 unspecified atom stereocenters. The Morgan fingerprint density at radius 3 is 2.62 bits per heavy atom. The molecule has 0 saturated carbocycles. The predicted octanol–water partition coefficient (Wildman–Crippen LogP) is 2.95. The Labute approximate surface area is 158 Å². The highest BCUT2D eigenvalue weighted by Crippen LogP contribution is 2.26. The number of rotatable bonds is 11. The molecule has 0 aliphatic rings. The van der Waals surface area contributed by atoms with Gasteiger partial charge in [0.15, 0.2) is 17.5 Å². The van der Waals surface area contributed by atoms with E-state index in [-0.39, 0.29) is 11.9 Å². The van der Waals surface area contributed by atoms with Gasteiger partial charge in [0, 0.05) is 26.2 Å². The molecule has 3 N–H and O–H groups in total. The predicted molar refractivity (Wildman–Crippen MR) is 107 cm³/mol. The third kappa shape index (κ3) is 7.95. The molecule has 26 heavy (non-hydrogen) atoms. The second-order valence-electron chi connectivity index (χ2n) is 6.47. The van der Waals surface area contributed by atoms with Gasteiger partial charge in [-0.1, -0.05) is 19.9 Å². The van der Waals surface area contributed by atoms with Gasteiger partial charge in [-0.3, -0.25) is 4.99 Å². The van der Waals surface area contributed by atoms with Gasteiger partial charge in [-0.05, 0) is 50.3 Å². The first kappa shape index (κ1) is 22.1. The third-order valence-electron chi connectivity index (χ3n) is 4.10. The highest BCUT2D eigenvalue weighted by atomic mass is 16.5. The summed E-state index contributed by atoms with van der Waals surface area (Å²) in [5, 5.41) is 16.3. The van der Waals surface area contributed by atoms with Crippen LogP contribution in [0, 0.1) is 5.92 Å². The van der Waals surface area contributed by atoms with Crippen LogP contribution >= 0.6 is 0 Å². The Morgan fingerprint density at radius 1 is 1.23 bits per heavy atom. The number of benzene rings is 1.